The van der Waals surface area contributed by atoms with Crippen molar-refractivity contribution in [2.75, 3.05) is 11.9 Å². The maximum atomic E-state index is 13.3. The molecule has 2 aromatic carbocycles. The van der Waals surface area contributed by atoms with E-state index in [9.17, 15) is 9.18 Å². The van der Waals surface area contributed by atoms with Crippen LogP contribution in [-0.2, 0) is 6.54 Å². The van der Waals surface area contributed by atoms with Crippen LogP contribution in [0.3, 0.4) is 0 Å². The number of hydrogen-bond acceptors (Lipinski definition) is 2. The molecule has 0 saturated heterocycles. The molecule has 0 aromatic heterocycles. The third-order valence-electron chi connectivity index (χ3n) is 2.94. The summed E-state index contributed by atoms with van der Waals surface area (Å²) in [6.07, 6.45) is 0. The molecule has 2 aromatic rings. The van der Waals surface area contributed by atoms with Crippen LogP contribution in [0.5, 0.6) is 0 Å². The lowest BCUT2D eigenvalue weighted by Crippen LogP contribution is -2.22. The first-order valence-electron chi connectivity index (χ1n) is 6.66. The zero-order chi connectivity index (χ0) is 15.2. The van der Waals surface area contributed by atoms with Crippen LogP contribution in [0.1, 0.15) is 22.8 Å². The van der Waals surface area contributed by atoms with Crippen molar-refractivity contribution in [3.63, 3.8) is 0 Å². The van der Waals surface area contributed by atoms with Gasteiger partial charge in [0.05, 0.1) is 5.02 Å². The van der Waals surface area contributed by atoms with E-state index >= 15 is 0 Å². The molecule has 0 atom stereocenters. The minimum atomic E-state index is -0.438. The van der Waals surface area contributed by atoms with Crippen LogP contribution in [0.25, 0.3) is 0 Å². The first-order valence-corrected chi connectivity index (χ1v) is 7.04. The Labute approximate surface area is 128 Å². The number of amides is 1. The number of halogens is 2. The van der Waals surface area contributed by atoms with E-state index < -0.39 is 5.82 Å². The van der Waals surface area contributed by atoms with E-state index in [0.717, 1.165) is 11.3 Å². The van der Waals surface area contributed by atoms with E-state index in [-0.39, 0.29) is 10.9 Å². The molecule has 5 heteroatoms. The van der Waals surface area contributed by atoms with Crippen molar-refractivity contribution in [3.05, 3.63) is 64.4 Å². The van der Waals surface area contributed by atoms with Gasteiger partial charge in [-0.1, -0.05) is 23.7 Å². The minimum absolute atomic E-state index is 0.108. The second-order valence-corrected chi connectivity index (χ2v) is 4.95. The first-order chi connectivity index (χ1) is 10.1. The normalized spacial score (nSPS) is 10.2. The predicted molar refractivity (Wildman–Crippen MR) is 83.2 cm³/mol. The van der Waals surface area contributed by atoms with Gasteiger partial charge in [0.1, 0.15) is 5.82 Å². The molecule has 0 aliphatic rings. The van der Waals surface area contributed by atoms with Crippen molar-refractivity contribution in [2.45, 2.75) is 13.5 Å². The summed E-state index contributed by atoms with van der Waals surface area (Å²) in [7, 11) is 0. The number of benzene rings is 2. The van der Waals surface area contributed by atoms with Crippen LogP contribution < -0.4 is 10.6 Å². The third kappa shape index (κ3) is 4.20. The lowest BCUT2D eigenvalue weighted by molar-refractivity contribution is 0.0956. The van der Waals surface area contributed by atoms with E-state index in [2.05, 4.69) is 10.6 Å². The van der Waals surface area contributed by atoms with Crippen LogP contribution in [0, 0.1) is 5.82 Å². The molecule has 0 spiro atoms. The molecule has 0 saturated carbocycles. The molecule has 3 nitrogen and oxygen atoms in total. The molecule has 1 amide bonds. The number of hydrogen-bond donors (Lipinski definition) is 2. The Morgan fingerprint density at radius 1 is 1.24 bits per heavy atom. The Morgan fingerprint density at radius 2 is 2.05 bits per heavy atom. The average Bonchev–Trinajstić information content (AvgIpc) is 2.49. The molecule has 0 aliphatic carbocycles. The van der Waals surface area contributed by atoms with Gasteiger partial charge in [0.2, 0.25) is 0 Å². The highest BCUT2D eigenvalue weighted by atomic mass is 35.5. The fourth-order valence-corrected chi connectivity index (χ4v) is 2.00. The van der Waals surface area contributed by atoms with Crippen molar-refractivity contribution < 1.29 is 9.18 Å². The molecule has 2 rings (SSSR count). The summed E-state index contributed by atoms with van der Waals surface area (Å²) < 4.78 is 13.3. The standard InChI is InChI=1S/C16H16ClFN2O/c1-2-19-16(21)12-4-3-5-13(9-12)20-10-11-6-7-14(17)15(18)8-11/h3-9,20H,2,10H2,1H3,(H,19,21). The summed E-state index contributed by atoms with van der Waals surface area (Å²) in [5.74, 6) is -0.550. The van der Waals surface area contributed by atoms with E-state index in [1.54, 1.807) is 24.3 Å². The smallest absolute Gasteiger partial charge is 0.251 e. The molecule has 0 unspecified atom stereocenters. The zero-order valence-electron chi connectivity index (χ0n) is 11.6. The van der Waals surface area contributed by atoms with Gasteiger partial charge in [-0.15, -0.1) is 0 Å². The summed E-state index contributed by atoms with van der Waals surface area (Å²) in [5, 5.41) is 6.01. The van der Waals surface area contributed by atoms with Crippen molar-refractivity contribution in [2.24, 2.45) is 0 Å². The van der Waals surface area contributed by atoms with Gasteiger partial charge in [-0.3, -0.25) is 4.79 Å². The van der Waals surface area contributed by atoms with Gasteiger partial charge < -0.3 is 10.6 Å². The first kappa shape index (κ1) is 15.3. The predicted octanol–water partition coefficient (Wildman–Crippen LogP) is 3.84. The van der Waals surface area contributed by atoms with Gasteiger partial charge in [0.25, 0.3) is 5.91 Å². The number of carbonyl (C=O) groups is 1. The van der Waals surface area contributed by atoms with Crippen LogP contribution in [-0.4, -0.2) is 12.5 Å². The van der Waals surface area contributed by atoms with Crippen molar-refractivity contribution in [1.82, 2.24) is 5.32 Å². The quantitative estimate of drug-likeness (QED) is 0.881. The van der Waals surface area contributed by atoms with Gasteiger partial charge >= 0.3 is 0 Å². The Bertz CT molecular complexity index is 646. The van der Waals surface area contributed by atoms with Crippen LogP contribution in [0.15, 0.2) is 42.5 Å². The van der Waals surface area contributed by atoms with Crippen LogP contribution in [0.2, 0.25) is 5.02 Å². The summed E-state index contributed by atoms with van der Waals surface area (Å²) in [5.41, 5.74) is 2.17. The molecule has 0 heterocycles. The van der Waals surface area contributed by atoms with Crippen LogP contribution in [0.4, 0.5) is 10.1 Å². The zero-order valence-corrected chi connectivity index (χ0v) is 12.4. The molecule has 0 radical (unpaired) electrons. The molecular weight excluding hydrogens is 291 g/mol. The molecule has 0 fully saturated rings. The van der Waals surface area contributed by atoms with Gasteiger partial charge in [0.15, 0.2) is 0 Å². The van der Waals surface area contributed by atoms with Gasteiger partial charge in [-0.25, -0.2) is 4.39 Å². The topological polar surface area (TPSA) is 41.1 Å². The third-order valence-corrected chi connectivity index (χ3v) is 3.25. The minimum Gasteiger partial charge on any atom is -0.381 e. The lowest BCUT2D eigenvalue weighted by Gasteiger charge is -2.09. The fourth-order valence-electron chi connectivity index (χ4n) is 1.89. The fraction of sp³-hybridized carbons (Fsp3) is 0.188. The van der Waals surface area contributed by atoms with Crippen molar-refractivity contribution in [3.8, 4) is 0 Å². The van der Waals surface area contributed by atoms with Gasteiger partial charge in [0, 0.05) is 24.3 Å². The Balaban J connectivity index is 2.04. The van der Waals surface area contributed by atoms with E-state index in [1.165, 1.54) is 12.1 Å². The van der Waals surface area contributed by atoms with Gasteiger partial charge in [-0.05, 0) is 42.8 Å². The summed E-state index contributed by atoms with van der Waals surface area (Å²) in [4.78, 5) is 11.8. The SMILES string of the molecule is CCNC(=O)c1cccc(NCc2ccc(Cl)c(F)c2)c1. The Kier molecular flexibility index (Phi) is 5.17. The van der Waals surface area contributed by atoms with E-state index in [1.807, 2.05) is 13.0 Å². The van der Waals surface area contributed by atoms with Crippen molar-refractivity contribution in [1.29, 1.82) is 0 Å². The molecule has 0 aliphatic heterocycles. The number of rotatable bonds is 5. The number of anilines is 1. The monoisotopic (exact) mass is 306 g/mol. The summed E-state index contributed by atoms with van der Waals surface area (Å²) in [6.45, 7) is 2.91. The maximum absolute atomic E-state index is 13.3. The molecule has 2 N–H and O–H groups in total. The molecular formula is C16H16ClFN2O. The highest BCUT2D eigenvalue weighted by molar-refractivity contribution is 6.30. The van der Waals surface area contributed by atoms with Crippen LogP contribution >= 0.6 is 11.6 Å². The largest absolute Gasteiger partial charge is 0.381 e. The average molecular weight is 307 g/mol. The second-order valence-electron chi connectivity index (χ2n) is 4.54. The molecule has 0 bridgehead atoms. The number of nitrogens with one attached hydrogen (secondary N) is 2. The summed E-state index contributed by atoms with van der Waals surface area (Å²) >= 11 is 5.64. The lowest BCUT2D eigenvalue weighted by atomic mass is 10.1. The Hall–Kier alpha value is -2.07. The Morgan fingerprint density at radius 3 is 2.76 bits per heavy atom. The summed E-state index contributed by atoms with van der Waals surface area (Å²) in [6, 6.07) is 11.8. The second kappa shape index (κ2) is 7.09. The van der Waals surface area contributed by atoms with E-state index in [4.69, 9.17) is 11.6 Å². The van der Waals surface area contributed by atoms with Gasteiger partial charge in [-0.2, -0.15) is 0 Å². The maximum Gasteiger partial charge on any atom is 0.251 e. The highest BCUT2D eigenvalue weighted by Crippen LogP contribution is 2.17. The molecule has 110 valence electrons. The molecule has 21 heavy (non-hydrogen) atoms. The highest BCUT2D eigenvalue weighted by Gasteiger charge is 2.05. The van der Waals surface area contributed by atoms with Crippen molar-refractivity contribution >= 4 is 23.2 Å². The number of carbonyl (C=O) groups excluding carboxylic acids is 1. The van der Waals surface area contributed by atoms with E-state index in [0.29, 0.717) is 18.7 Å².